The van der Waals surface area contributed by atoms with E-state index in [1.807, 2.05) is 29.9 Å². The molecule has 9 heteroatoms. The fourth-order valence-corrected chi connectivity index (χ4v) is 2.02. The van der Waals surface area contributed by atoms with Gasteiger partial charge in [0.1, 0.15) is 5.71 Å². The van der Waals surface area contributed by atoms with E-state index in [9.17, 15) is 9.59 Å². The number of nitrogens with one attached hydrogen (secondary N) is 2. The Balaban J connectivity index is 1.60. The zero-order valence-corrected chi connectivity index (χ0v) is 11.9. The minimum Gasteiger partial charge on any atom is -0.348 e. The average molecular weight is 302 g/mol. The highest BCUT2D eigenvalue weighted by Crippen LogP contribution is 2.15. The van der Waals surface area contributed by atoms with Gasteiger partial charge >= 0.3 is 0 Å². The second-order valence-corrected chi connectivity index (χ2v) is 4.79. The molecule has 3 rings (SSSR count). The third-order valence-electron chi connectivity index (χ3n) is 3.21. The van der Waals surface area contributed by atoms with Crippen LogP contribution in [0.15, 0.2) is 28.0 Å². The van der Waals surface area contributed by atoms with Crippen LogP contribution in [0.2, 0.25) is 0 Å². The Kier molecular flexibility index (Phi) is 3.69. The molecule has 0 bridgehead atoms. The number of rotatable bonds is 4. The van der Waals surface area contributed by atoms with E-state index in [2.05, 4.69) is 26.0 Å². The number of amides is 2. The van der Waals surface area contributed by atoms with E-state index in [1.165, 1.54) is 0 Å². The fourth-order valence-electron chi connectivity index (χ4n) is 2.02. The number of hydrazone groups is 1. The molecule has 0 radical (unpaired) electrons. The minimum absolute atomic E-state index is 0.100. The summed E-state index contributed by atoms with van der Waals surface area (Å²) in [5.74, 6) is 0.197. The lowest BCUT2D eigenvalue weighted by atomic mass is 10.1. The molecular formula is C13H14N6O3. The third kappa shape index (κ3) is 2.87. The Bertz CT molecular complexity index is 745. The van der Waals surface area contributed by atoms with Crippen molar-refractivity contribution in [1.82, 2.24) is 25.5 Å². The van der Waals surface area contributed by atoms with Gasteiger partial charge in [-0.3, -0.25) is 9.59 Å². The molecule has 22 heavy (non-hydrogen) atoms. The monoisotopic (exact) mass is 302 g/mol. The smallest absolute Gasteiger partial charge is 0.267 e. The van der Waals surface area contributed by atoms with Crippen LogP contribution < -0.4 is 10.7 Å². The lowest BCUT2D eigenvalue weighted by molar-refractivity contribution is -0.121. The summed E-state index contributed by atoms with van der Waals surface area (Å²) in [6, 6.07) is 3.75. The van der Waals surface area contributed by atoms with Crippen LogP contribution in [0.25, 0.3) is 11.5 Å². The van der Waals surface area contributed by atoms with E-state index in [1.54, 1.807) is 0 Å². The maximum atomic E-state index is 11.9. The van der Waals surface area contributed by atoms with Gasteiger partial charge in [-0.2, -0.15) is 10.1 Å². The highest BCUT2D eigenvalue weighted by atomic mass is 16.5. The van der Waals surface area contributed by atoms with Gasteiger partial charge in [0.15, 0.2) is 0 Å². The highest BCUT2D eigenvalue weighted by molar-refractivity contribution is 6.39. The highest BCUT2D eigenvalue weighted by Gasteiger charge is 2.19. The summed E-state index contributed by atoms with van der Waals surface area (Å²) in [6.07, 6.45) is 2.45. The number of carbonyl (C=O) groups is 2. The summed E-state index contributed by atoms with van der Waals surface area (Å²) in [5, 5.41) is 10.2. The maximum absolute atomic E-state index is 11.9. The molecule has 3 heterocycles. The normalized spacial score (nSPS) is 14.4. The van der Waals surface area contributed by atoms with Crippen molar-refractivity contribution in [2.75, 3.05) is 0 Å². The van der Waals surface area contributed by atoms with E-state index in [4.69, 9.17) is 4.52 Å². The number of aryl methyl sites for hydroxylation is 1. The second-order valence-electron chi connectivity index (χ2n) is 4.79. The third-order valence-corrected chi connectivity index (χ3v) is 3.21. The molecule has 2 amide bonds. The summed E-state index contributed by atoms with van der Waals surface area (Å²) in [7, 11) is 1.88. The zero-order valence-electron chi connectivity index (χ0n) is 11.9. The van der Waals surface area contributed by atoms with Crippen LogP contribution in [0, 0.1) is 0 Å². The summed E-state index contributed by atoms with van der Waals surface area (Å²) in [4.78, 5) is 27.1. The molecule has 0 saturated carbocycles. The van der Waals surface area contributed by atoms with E-state index in [0.29, 0.717) is 18.1 Å². The molecule has 0 spiro atoms. The van der Waals surface area contributed by atoms with Crippen LogP contribution >= 0.6 is 0 Å². The Labute approximate surface area is 125 Å². The summed E-state index contributed by atoms with van der Waals surface area (Å²) in [6.45, 7) is 0.100. The van der Waals surface area contributed by atoms with Crippen molar-refractivity contribution < 1.29 is 14.1 Å². The molecule has 2 aromatic rings. The lowest BCUT2D eigenvalue weighted by Gasteiger charge is -2.10. The number of hydrogen-bond acceptors (Lipinski definition) is 6. The van der Waals surface area contributed by atoms with E-state index < -0.39 is 0 Å². The Hall–Kier alpha value is -2.97. The predicted octanol–water partition coefficient (Wildman–Crippen LogP) is -0.0427. The fraction of sp³-hybridized carbons (Fsp3) is 0.308. The Morgan fingerprint density at radius 2 is 2.36 bits per heavy atom. The summed E-state index contributed by atoms with van der Waals surface area (Å²) in [5.41, 5.74) is 3.37. The van der Waals surface area contributed by atoms with Gasteiger partial charge < -0.3 is 14.4 Å². The Morgan fingerprint density at radius 3 is 3.05 bits per heavy atom. The van der Waals surface area contributed by atoms with Crippen LogP contribution in [0.4, 0.5) is 0 Å². The lowest BCUT2D eigenvalue weighted by Crippen LogP contribution is -2.36. The molecule has 0 atom stereocenters. The first-order chi connectivity index (χ1) is 10.6. The van der Waals surface area contributed by atoms with Crippen molar-refractivity contribution in [3.05, 3.63) is 24.2 Å². The van der Waals surface area contributed by atoms with Gasteiger partial charge in [0.2, 0.25) is 17.6 Å². The van der Waals surface area contributed by atoms with Crippen molar-refractivity contribution in [2.45, 2.75) is 19.4 Å². The van der Waals surface area contributed by atoms with Gasteiger partial charge in [-0.25, -0.2) is 5.43 Å². The summed E-state index contributed by atoms with van der Waals surface area (Å²) >= 11 is 0. The van der Waals surface area contributed by atoms with Gasteiger partial charge in [-0.1, -0.05) is 5.16 Å². The Morgan fingerprint density at radius 1 is 1.50 bits per heavy atom. The topological polar surface area (TPSA) is 114 Å². The van der Waals surface area contributed by atoms with Crippen LogP contribution in [0.3, 0.4) is 0 Å². The number of carbonyl (C=O) groups excluding carboxylic acids is 2. The molecule has 0 fully saturated rings. The van der Waals surface area contributed by atoms with Gasteiger partial charge in [0.05, 0.1) is 12.2 Å². The van der Waals surface area contributed by atoms with Crippen LogP contribution in [-0.4, -0.2) is 32.2 Å². The van der Waals surface area contributed by atoms with E-state index in [0.717, 1.165) is 5.69 Å². The van der Waals surface area contributed by atoms with Crippen LogP contribution in [0.1, 0.15) is 18.7 Å². The van der Waals surface area contributed by atoms with Gasteiger partial charge in [-0.05, 0) is 12.1 Å². The molecule has 1 aliphatic rings. The van der Waals surface area contributed by atoms with Crippen molar-refractivity contribution in [1.29, 1.82) is 0 Å². The molecule has 0 unspecified atom stereocenters. The van der Waals surface area contributed by atoms with Crippen molar-refractivity contribution in [3.63, 3.8) is 0 Å². The quantitative estimate of drug-likeness (QED) is 0.822. The summed E-state index contributed by atoms with van der Waals surface area (Å²) < 4.78 is 6.97. The molecule has 0 aromatic carbocycles. The molecule has 114 valence electrons. The molecule has 1 aliphatic heterocycles. The molecule has 2 N–H and O–H groups in total. The predicted molar refractivity (Wildman–Crippen MR) is 75.4 cm³/mol. The standard InChI is InChI=1S/C13H14N6O3/c1-19-6-2-3-9(19)12-15-11(22-18-12)7-14-13(21)8-4-5-10(20)17-16-8/h2-3,6H,4-5,7H2,1H3,(H,14,21)(H,17,20). The molecule has 0 aliphatic carbocycles. The van der Waals surface area contributed by atoms with Crippen molar-refractivity contribution >= 4 is 17.5 Å². The van der Waals surface area contributed by atoms with E-state index in [-0.39, 0.29) is 30.5 Å². The molecule has 9 nitrogen and oxygen atoms in total. The van der Waals surface area contributed by atoms with Gasteiger partial charge in [0.25, 0.3) is 5.91 Å². The van der Waals surface area contributed by atoms with Crippen molar-refractivity contribution in [3.8, 4) is 11.5 Å². The first-order valence-corrected chi connectivity index (χ1v) is 6.71. The molecule has 0 saturated heterocycles. The van der Waals surface area contributed by atoms with Gasteiger partial charge in [-0.15, -0.1) is 0 Å². The second kappa shape index (κ2) is 5.80. The largest absolute Gasteiger partial charge is 0.348 e. The first-order valence-electron chi connectivity index (χ1n) is 6.71. The number of hydrogen-bond donors (Lipinski definition) is 2. The van der Waals surface area contributed by atoms with Crippen LogP contribution in [-0.2, 0) is 23.2 Å². The molecule has 2 aromatic heterocycles. The first kappa shape index (κ1) is 14.0. The number of nitrogens with zero attached hydrogens (tertiary/aromatic N) is 4. The van der Waals surface area contributed by atoms with Crippen LogP contribution in [0.5, 0.6) is 0 Å². The average Bonchev–Trinajstić information content (AvgIpc) is 3.14. The van der Waals surface area contributed by atoms with Gasteiger partial charge in [0, 0.05) is 26.1 Å². The maximum Gasteiger partial charge on any atom is 0.267 e. The molecular weight excluding hydrogens is 288 g/mol. The van der Waals surface area contributed by atoms with Crippen molar-refractivity contribution in [2.24, 2.45) is 12.1 Å². The SMILES string of the molecule is Cn1cccc1-c1noc(CNC(=O)C2=NNC(=O)CC2)n1. The minimum atomic E-state index is -0.362. The zero-order chi connectivity index (χ0) is 15.5. The number of aromatic nitrogens is 3. The van der Waals surface area contributed by atoms with E-state index >= 15 is 0 Å².